The van der Waals surface area contributed by atoms with Crippen molar-refractivity contribution in [2.45, 2.75) is 26.4 Å². The Morgan fingerprint density at radius 2 is 1.54 bits per heavy atom. The van der Waals surface area contributed by atoms with E-state index in [-0.39, 0.29) is 24.7 Å². The third-order valence-electron chi connectivity index (χ3n) is 5.47. The zero-order chi connectivity index (χ0) is 24.5. The van der Waals surface area contributed by atoms with Gasteiger partial charge in [-0.1, -0.05) is 78.4 Å². The van der Waals surface area contributed by atoms with Crippen LogP contribution >= 0.6 is 0 Å². The molecule has 0 saturated heterocycles. The van der Waals surface area contributed by atoms with E-state index in [4.69, 9.17) is 4.74 Å². The molecule has 0 bridgehead atoms. The van der Waals surface area contributed by atoms with Gasteiger partial charge in [0.15, 0.2) is 0 Å². The summed E-state index contributed by atoms with van der Waals surface area (Å²) >= 11 is 0. The summed E-state index contributed by atoms with van der Waals surface area (Å²) < 4.78 is 6.07. The van der Waals surface area contributed by atoms with E-state index in [0.717, 1.165) is 27.5 Å². The second kappa shape index (κ2) is 11.6. The van der Waals surface area contributed by atoms with Gasteiger partial charge in [0.1, 0.15) is 12.4 Å². The van der Waals surface area contributed by atoms with Gasteiger partial charge in [0.2, 0.25) is 11.8 Å². The molecule has 0 aromatic heterocycles. The standard InChI is InChI=1S/C29H27N3O3/c1-21-11-14-24(15-12-21)31-28(33)17-18-29(34)32-30-19-26-25-10-6-5-9-23(25)13-16-27(26)35-20-22-7-3-2-4-8-22/h2-16,19H,17-18,20H2,1H3,(H,31,33)(H,32,34). The van der Waals surface area contributed by atoms with E-state index in [9.17, 15) is 9.59 Å². The van der Waals surface area contributed by atoms with Gasteiger partial charge in [0.05, 0.1) is 6.21 Å². The molecule has 0 saturated carbocycles. The molecule has 0 atom stereocenters. The number of hydrogen-bond donors (Lipinski definition) is 2. The van der Waals surface area contributed by atoms with E-state index >= 15 is 0 Å². The molecule has 176 valence electrons. The number of anilines is 1. The van der Waals surface area contributed by atoms with Crippen molar-refractivity contribution in [2.75, 3.05) is 5.32 Å². The number of hydrogen-bond acceptors (Lipinski definition) is 4. The quantitative estimate of drug-likeness (QED) is 0.250. The number of amides is 2. The number of nitrogens with zero attached hydrogens (tertiary/aromatic N) is 1. The summed E-state index contributed by atoms with van der Waals surface area (Å²) in [6.07, 6.45) is 1.68. The summed E-state index contributed by atoms with van der Waals surface area (Å²) in [7, 11) is 0. The molecule has 0 aliphatic heterocycles. The molecule has 0 unspecified atom stereocenters. The van der Waals surface area contributed by atoms with Crippen molar-refractivity contribution in [1.82, 2.24) is 5.43 Å². The third kappa shape index (κ3) is 6.77. The molecular weight excluding hydrogens is 438 g/mol. The van der Waals surface area contributed by atoms with Crippen molar-refractivity contribution < 1.29 is 14.3 Å². The molecule has 2 amide bonds. The predicted molar refractivity (Wildman–Crippen MR) is 140 cm³/mol. The van der Waals surface area contributed by atoms with Crippen LogP contribution in [0.4, 0.5) is 5.69 Å². The number of ether oxygens (including phenoxy) is 1. The van der Waals surface area contributed by atoms with Crippen LogP contribution in [0.2, 0.25) is 0 Å². The number of rotatable bonds is 9. The zero-order valence-corrected chi connectivity index (χ0v) is 19.5. The minimum atomic E-state index is -0.340. The highest BCUT2D eigenvalue weighted by molar-refractivity contribution is 6.02. The largest absolute Gasteiger partial charge is 0.488 e. The maximum absolute atomic E-state index is 12.3. The van der Waals surface area contributed by atoms with Gasteiger partial charge < -0.3 is 10.1 Å². The number of carbonyl (C=O) groups excluding carboxylic acids is 2. The normalized spacial score (nSPS) is 10.9. The second-order valence-corrected chi connectivity index (χ2v) is 8.18. The van der Waals surface area contributed by atoms with Crippen molar-refractivity contribution in [3.8, 4) is 5.75 Å². The number of nitrogens with one attached hydrogen (secondary N) is 2. The minimum absolute atomic E-state index is 0.0297. The maximum Gasteiger partial charge on any atom is 0.240 e. The Kier molecular flexibility index (Phi) is 7.86. The Hall–Kier alpha value is -4.45. The van der Waals surface area contributed by atoms with Gasteiger partial charge in [-0.05, 0) is 41.5 Å². The van der Waals surface area contributed by atoms with Crippen molar-refractivity contribution in [2.24, 2.45) is 5.10 Å². The molecule has 0 aliphatic carbocycles. The lowest BCUT2D eigenvalue weighted by molar-refractivity contribution is -0.124. The Balaban J connectivity index is 1.38. The molecule has 35 heavy (non-hydrogen) atoms. The number of aryl methyl sites for hydroxylation is 1. The van der Waals surface area contributed by atoms with Crippen LogP contribution in [0.25, 0.3) is 10.8 Å². The molecule has 4 aromatic carbocycles. The maximum atomic E-state index is 12.3. The topological polar surface area (TPSA) is 79.8 Å². The van der Waals surface area contributed by atoms with Crippen molar-refractivity contribution in [3.05, 3.63) is 108 Å². The molecule has 4 aromatic rings. The first-order chi connectivity index (χ1) is 17.1. The lowest BCUT2D eigenvalue weighted by Gasteiger charge is -2.12. The molecule has 0 spiro atoms. The molecule has 0 heterocycles. The minimum Gasteiger partial charge on any atom is -0.488 e. The summed E-state index contributed by atoms with van der Waals surface area (Å²) in [5, 5.41) is 8.94. The highest BCUT2D eigenvalue weighted by Crippen LogP contribution is 2.27. The summed E-state index contributed by atoms with van der Waals surface area (Å²) in [5.74, 6) is 0.106. The first-order valence-corrected chi connectivity index (χ1v) is 11.5. The number of fused-ring (bicyclic) bond motifs is 1. The molecule has 0 radical (unpaired) electrons. The first-order valence-electron chi connectivity index (χ1n) is 11.5. The summed E-state index contributed by atoms with van der Waals surface area (Å²) in [5.41, 5.74) is 6.17. The van der Waals surface area contributed by atoms with Crippen LogP contribution in [0.5, 0.6) is 5.75 Å². The Bertz CT molecular complexity index is 1330. The molecule has 0 fully saturated rings. The molecule has 0 aliphatic rings. The fourth-order valence-electron chi connectivity index (χ4n) is 3.58. The van der Waals surface area contributed by atoms with Gasteiger partial charge in [-0.15, -0.1) is 0 Å². The highest BCUT2D eigenvalue weighted by atomic mass is 16.5. The summed E-state index contributed by atoms with van der Waals surface area (Å²) in [4.78, 5) is 24.4. The summed E-state index contributed by atoms with van der Waals surface area (Å²) in [6, 6.07) is 29.2. The number of hydrazone groups is 1. The van der Waals surface area contributed by atoms with E-state index in [1.807, 2.05) is 97.9 Å². The molecule has 4 rings (SSSR count). The van der Waals surface area contributed by atoms with E-state index in [2.05, 4.69) is 15.8 Å². The fraction of sp³-hybridized carbons (Fsp3) is 0.138. The average molecular weight is 466 g/mol. The lowest BCUT2D eigenvalue weighted by Crippen LogP contribution is -2.20. The van der Waals surface area contributed by atoms with Crippen molar-refractivity contribution in [3.63, 3.8) is 0 Å². The molecular formula is C29H27N3O3. The second-order valence-electron chi connectivity index (χ2n) is 8.18. The van der Waals surface area contributed by atoms with E-state index < -0.39 is 0 Å². The van der Waals surface area contributed by atoms with Gasteiger partial charge in [-0.3, -0.25) is 9.59 Å². The fourth-order valence-corrected chi connectivity index (χ4v) is 3.58. The van der Waals surface area contributed by atoms with E-state index in [1.54, 1.807) is 6.21 Å². The SMILES string of the molecule is Cc1ccc(NC(=O)CCC(=O)NN=Cc2c(OCc3ccccc3)ccc3ccccc23)cc1. The smallest absolute Gasteiger partial charge is 0.240 e. The average Bonchev–Trinajstić information content (AvgIpc) is 2.88. The first kappa shape index (κ1) is 23.7. The van der Waals surface area contributed by atoms with Gasteiger partial charge in [-0.25, -0.2) is 5.43 Å². The van der Waals surface area contributed by atoms with Crippen LogP contribution in [0.15, 0.2) is 96.1 Å². The lowest BCUT2D eigenvalue weighted by atomic mass is 10.0. The van der Waals surface area contributed by atoms with Crippen LogP contribution in [-0.2, 0) is 16.2 Å². The Morgan fingerprint density at radius 3 is 2.34 bits per heavy atom. The number of benzene rings is 4. The van der Waals surface area contributed by atoms with Gasteiger partial charge >= 0.3 is 0 Å². The Labute approximate surface area is 204 Å². The van der Waals surface area contributed by atoms with Crippen LogP contribution in [0, 0.1) is 6.92 Å². The van der Waals surface area contributed by atoms with E-state index in [1.165, 1.54) is 0 Å². The monoisotopic (exact) mass is 465 g/mol. The summed E-state index contributed by atoms with van der Waals surface area (Å²) in [6.45, 7) is 2.40. The van der Waals surface area contributed by atoms with Gasteiger partial charge in [-0.2, -0.15) is 5.10 Å². The number of carbonyl (C=O) groups is 2. The zero-order valence-electron chi connectivity index (χ0n) is 19.5. The highest BCUT2D eigenvalue weighted by Gasteiger charge is 2.09. The predicted octanol–water partition coefficient (Wildman–Crippen LogP) is 5.60. The molecule has 2 N–H and O–H groups in total. The molecule has 6 heteroatoms. The van der Waals surface area contributed by atoms with Gasteiger partial charge in [0.25, 0.3) is 0 Å². The van der Waals surface area contributed by atoms with Crippen molar-refractivity contribution in [1.29, 1.82) is 0 Å². The van der Waals surface area contributed by atoms with Gasteiger partial charge in [0, 0.05) is 24.1 Å². The van der Waals surface area contributed by atoms with Crippen LogP contribution in [-0.4, -0.2) is 18.0 Å². The van der Waals surface area contributed by atoms with Crippen LogP contribution in [0.3, 0.4) is 0 Å². The van der Waals surface area contributed by atoms with Crippen molar-refractivity contribution >= 4 is 34.5 Å². The van der Waals surface area contributed by atoms with E-state index in [0.29, 0.717) is 18.0 Å². The third-order valence-corrected chi connectivity index (χ3v) is 5.47. The molecule has 6 nitrogen and oxygen atoms in total. The van der Waals surface area contributed by atoms with Crippen LogP contribution < -0.4 is 15.5 Å². The van der Waals surface area contributed by atoms with Crippen LogP contribution in [0.1, 0.15) is 29.5 Å². The Morgan fingerprint density at radius 1 is 0.829 bits per heavy atom.